The zero-order valence-corrected chi connectivity index (χ0v) is 19.0. The van der Waals surface area contributed by atoms with E-state index in [4.69, 9.17) is 0 Å². The molecule has 1 aromatic rings. The number of hydrogen-bond acceptors (Lipinski definition) is 3. The standard InChI is InChI=1S/C24H41N5/c1-19(2)29-15-11-23(12-16-29)27-24(25-4)26-17-21-5-7-22(8-6-21)18-28-13-9-20(3)10-14-28/h5-8,19-20,23H,9-18H2,1-4H3,(H2,25,26,27). The summed E-state index contributed by atoms with van der Waals surface area (Å²) in [5.41, 5.74) is 2.72. The van der Waals surface area contributed by atoms with Gasteiger partial charge in [0, 0.05) is 45.3 Å². The van der Waals surface area contributed by atoms with E-state index in [0.29, 0.717) is 12.1 Å². The van der Waals surface area contributed by atoms with Crippen molar-refractivity contribution in [1.82, 2.24) is 20.4 Å². The van der Waals surface area contributed by atoms with Crippen LogP contribution in [0.15, 0.2) is 29.3 Å². The summed E-state index contributed by atoms with van der Waals surface area (Å²) in [4.78, 5) is 9.57. The van der Waals surface area contributed by atoms with E-state index in [1.165, 1.54) is 63.0 Å². The Kier molecular flexibility index (Phi) is 8.37. The molecule has 3 rings (SSSR count). The van der Waals surface area contributed by atoms with E-state index in [-0.39, 0.29) is 0 Å². The molecule has 1 aromatic carbocycles. The van der Waals surface area contributed by atoms with Crippen molar-refractivity contribution in [1.29, 1.82) is 0 Å². The van der Waals surface area contributed by atoms with E-state index in [2.05, 4.69) is 70.5 Å². The van der Waals surface area contributed by atoms with Crippen LogP contribution in [0.2, 0.25) is 0 Å². The molecule has 0 saturated carbocycles. The van der Waals surface area contributed by atoms with Gasteiger partial charge in [-0.25, -0.2) is 0 Å². The largest absolute Gasteiger partial charge is 0.354 e. The van der Waals surface area contributed by atoms with Gasteiger partial charge in [0.2, 0.25) is 0 Å². The maximum absolute atomic E-state index is 4.43. The van der Waals surface area contributed by atoms with E-state index in [9.17, 15) is 0 Å². The molecule has 0 spiro atoms. The maximum Gasteiger partial charge on any atom is 0.191 e. The van der Waals surface area contributed by atoms with Gasteiger partial charge in [0.1, 0.15) is 0 Å². The lowest BCUT2D eigenvalue weighted by Crippen LogP contribution is -2.49. The molecule has 0 aliphatic carbocycles. The molecule has 2 fully saturated rings. The average molecular weight is 400 g/mol. The second kappa shape index (κ2) is 11.0. The molecule has 2 aliphatic rings. The lowest BCUT2D eigenvalue weighted by atomic mass is 9.99. The number of likely N-dealkylation sites (tertiary alicyclic amines) is 2. The zero-order valence-electron chi connectivity index (χ0n) is 19.0. The van der Waals surface area contributed by atoms with Crippen LogP contribution in [-0.2, 0) is 13.1 Å². The van der Waals surface area contributed by atoms with Crippen molar-refractivity contribution < 1.29 is 0 Å². The first-order valence-corrected chi connectivity index (χ1v) is 11.5. The average Bonchev–Trinajstić information content (AvgIpc) is 2.74. The fourth-order valence-electron chi connectivity index (χ4n) is 4.37. The van der Waals surface area contributed by atoms with Gasteiger partial charge in [-0.15, -0.1) is 0 Å². The third kappa shape index (κ3) is 7.00. The highest BCUT2D eigenvalue weighted by atomic mass is 15.2. The molecule has 2 N–H and O–H groups in total. The van der Waals surface area contributed by atoms with Crippen LogP contribution in [0, 0.1) is 5.92 Å². The number of guanidine groups is 1. The Bertz CT molecular complexity index is 623. The summed E-state index contributed by atoms with van der Waals surface area (Å²) in [6.07, 6.45) is 5.04. The van der Waals surface area contributed by atoms with Crippen molar-refractivity contribution in [2.75, 3.05) is 33.2 Å². The Morgan fingerprint density at radius 2 is 1.62 bits per heavy atom. The lowest BCUT2D eigenvalue weighted by Gasteiger charge is -2.35. The van der Waals surface area contributed by atoms with Crippen molar-refractivity contribution in [3.05, 3.63) is 35.4 Å². The Morgan fingerprint density at radius 3 is 2.21 bits per heavy atom. The van der Waals surface area contributed by atoms with Gasteiger partial charge in [-0.2, -0.15) is 0 Å². The normalized spacial score (nSPS) is 20.9. The van der Waals surface area contributed by atoms with Crippen molar-refractivity contribution in [3.63, 3.8) is 0 Å². The molecule has 2 heterocycles. The van der Waals surface area contributed by atoms with Gasteiger partial charge in [-0.1, -0.05) is 31.2 Å². The number of hydrogen-bond donors (Lipinski definition) is 2. The van der Waals surface area contributed by atoms with Crippen molar-refractivity contribution in [2.45, 2.75) is 71.6 Å². The van der Waals surface area contributed by atoms with Crippen LogP contribution in [0.25, 0.3) is 0 Å². The first-order valence-electron chi connectivity index (χ1n) is 11.5. The molecule has 5 heteroatoms. The number of benzene rings is 1. The molecule has 162 valence electrons. The van der Waals surface area contributed by atoms with Crippen LogP contribution in [-0.4, -0.2) is 61.1 Å². The van der Waals surface area contributed by atoms with Gasteiger partial charge in [0.25, 0.3) is 0 Å². The summed E-state index contributed by atoms with van der Waals surface area (Å²) >= 11 is 0. The number of rotatable bonds is 6. The Balaban J connectivity index is 1.40. The number of piperidine rings is 2. The minimum Gasteiger partial charge on any atom is -0.354 e. The Morgan fingerprint density at radius 1 is 1.00 bits per heavy atom. The van der Waals surface area contributed by atoms with Gasteiger partial charge in [-0.3, -0.25) is 9.89 Å². The quantitative estimate of drug-likeness (QED) is 0.568. The molecule has 0 unspecified atom stereocenters. The molecular weight excluding hydrogens is 358 g/mol. The minimum absolute atomic E-state index is 0.519. The van der Waals surface area contributed by atoms with Gasteiger partial charge in [0.15, 0.2) is 5.96 Å². The van der Waals surface area contributed by atoms with Gasteiger partial charge < -0.3 is 15.5 Å². The molecule has 0 radical (unpaired) electrons. The van der Waals surface area contributed by atoms with E-state index < -0.39 is 0 Å². The van der Waals surface area contributed by atoms with Gasteiger partial charge >= 0.3 is 0 Å². The summed E-state index contributed by atoms with van der Waals surface area (Å²) in [5.74, 6) is 1.81. The highest BCUT2D eigenvalue weighted by Gasteiger charge is 2.21. The first kappa shape index (κ1) is 22.1. The van der Waals surface area contributed by atoms with Crippen molar-refractivity contribution >= 4 is 5.96 Å². The lowest BCUT2D eigenvalue weighted by molar-refractivity contribution is 0.167. The van der Waals surface area contributed by atoms with E-state index in [1.54, 1.807) is 0 Å². The summed E-state index contributed by atoms with van der Waals surface area (Å²) in [6.45, 7) is 13.7. The minimum atomic E-state index is 0.519. The monoisotopic (exact) mass is 399 g/mol. The number of nitrogens with one attached hydrogen (secondary N) is 2. The fourth-order valence-corrected chi connectivity index (χ4v) is 4.37. The summed E-state index contributed by atoms with van der Waals surface area (Å²) in [7, 11) is 1.86. The zero-order chi connectivity index (χ0) is 20.6. The van der Waals surface area contributed by atoms with E-state index in [0.717, 1.165) is 25.0 Å². The molecule has 29 heavy (non-hydrogen) atoms. The van der Waals surface area contributed by atoms with E-state index in [1.807, 2.05) is 7.05 Å². The first-order chi connectivity index (χ1) is 14.0. The second-order valence-corrected chi connectivity index (χ2v) is 9.25. The van der Waals surface area contributed by atoms with Crippen LogP contribution in [0.1, 0.15) is 57.6 Å². The Hall–Kier alpha value is -1.59. The number of aliphatic imine (C=N–C) groups is 1. The van der Waals surface area contributed by atoms with Gasteiger partial charge in [0.05, 0.1) is 0 Å². The molecule has 0 amide bonds. The summed E-state index contributed by atoms with van der Waals surface area (Å²) in [6, 6.07) is 10.2. The van der Waals surface area contributed by atoms with Crippen molar-refractivity contribution in [2.24, 2.45) is 10.9 Å². The summed E-state index contributed by atoms with van der Waals surface area (Å²) < 4.78 is 0. The van der Waals surface area contributed by atoms with Crippen molar-refractivity contribution in [3.8, 4) is 0 Å². The molecule has 5 nitrogen and oxygen atoms in total. The predicted molar refractivity (Wildman–Crippen MR) is 123 cm³/mol. The third-order valence-electron chi connectivity index (χ3n) is 6.59. The fraction of sp³-hybridized carbons (Fsp3) is 0.708. The molecule has 0 atom stereocenters. The summed E-state index contributed by atoms with van der Waals surface area (Å²) in [5, 5.41) is 7.10. The highest BCUT2D eigenvalue weighted by molar-refractivity contribution is 5.79. The smallest absolute Gasteiger partial charge is 0.191 e. The van der Waals surface area contributed by atoms with E-state index >= 15 is 0 Å². The molecule has 2 aliphatic heterocycles. The maximum atomic E-state index is 4.43. The van der Waals surface area contributed by atoms with Crippen LogP contribution < -0.4 is 10.6 Å². The Labute approximate surface area is 178 Å². The van der Waals surface area contributed by atoms with Crippen LogP contribution in [0.3, 0.4) is 0 Å². The van der Waals surface area contributed by atoms with Crippen LogP contribution >= 0.6 is 0 Å². The predicted octanol–water partition coefficient (Wildman–Crippen LogP) is 3.46. The molecule has 2 saturated heterocycles. The topological polar surface area (TPSA) is 42.9 Å². The molecule has 0 bridgehead atoms. The van der Waals surface area contributed by atoms with Gasteiger partial charge in [-0.05, 0) is 69.7 Å². The SMILES string of the molecule is CN=C(NCc1ccc(CN2CCC(C)CC2)cc1)NC1CCN(C(C)C)CC1. The third-order valence-corrected chi connectivity index (χ3v) is 6.59. The number of nitrogens with zero attached hydrogens (tertiary/aromatic N) is 3. The van der Waals surface area contributed by atoms with Crippen LogP contribution in [0.4, 0.5) is 0 Å². The highest BCUT2D eigenvalue weighted by Crippen LogP contribution is 2.18. The van der Waals surface area contributed by atoms with Crippen LogP contribution in [0.5, 0.6) is 0 Å². The second-order valence-electron chi connectivity index (χ2n) is 9.25. The molecular formula is C24H41N5. The molecule has 0 aromatic heterocycles.